The summed E-state index contributed by atoms with van der Waals surface area (Å²) < 4.78 is 5.40. The van der Waals surface area contributed by atoms with Gasteiger partial charge in [0.05, 0.1) is 11.6 Å². The molecule has 0 amide bonds. The Hall–Kier alpha value is 0.610. The van der Waals surface area contributed by atoms with Gasteiger partial charge in [-0.3, -0.25) is 4.79 Å². The average Bonchev–Trinajstić information content (AvgIpc) is 2.41. The van der Waals surface area contributed by atoms with E-state index < -0.39 is 3.23 Å². The molecule has 6 heteroatoms. The van der Waals surface area contributed by atoms with Gasteiger partial charge in [-0.1, -0.05) is 47.8 Å². The minimum atomic E-state index is -0.675. The Bertz CT molecular complexity index is 499. The van der Waals surface area contributed by atoms with E-state index in [0.29, 0.717) is 5.56 Å². The zero-order chi connectivity index (χ0) is 13.5. The monoisotopic (exact) mass is 502 g/mol. The third-order valence-corrected chi connectivity index (χ3v) is 6.03. The molecule has 0 fully saturated rings. The Labute approximate surface area is 139 Å². The van der Waals surface area contributed by atoms with Crippen molar-refractivity contribution in [2.75, 3.05) is 7.11 Å². The summed E-state index contributed by atoms with van der Waals surface area (Å²) in [5.74, 6) is 0.783. The molecule has 1 aliphatic carbocycles. The van der Waals surface area contributed by atoms with Crippen LogP contribution in [0.5, 0.6) is 5.75 Å². The third-order valence-electron chi connectivity index (χ3n) is 2.95. The van der Waals surface area contributed by atoms with Gasteiger partial charge in [-0.2, -0.15) is 0 Å². The highest BCUT2D eigenvalue weighted by Gasteiger charge is 2.39. The minimum Gasteiger partial charge on any atom is -0.496 e. The van der Waals surface area contributed by atoms with Crippen molar-refractivity contribution in [3.63, 3.8) is 0 Å². The lowest BCUT2D eigenvalue weighted by Crippen LogP contribution is -2.23. The summed E-state index contributed by atoms with van der Waals surface area (Å²) in [5, 5.41) is 0. The van der Waals surface area contributed by atoms with Gasteiger partial charge in [-0.25, -0.2) is 0 Å². The van der Waals surface area contributed by atoms with Crippen molar-refractivity contribution in [3.8, 4) is 5.75 Å². The van der Waals surface area contributed by atoms with E-state index in [-0.39, 0.29) is 10.6 Å². The van der Waals surface area contributed by atoms with Gasteiger partial charge < -0.3 is 4.74 Å². The lowest BCUT2D eigenvalue weighted by atomic mass is 10.0. The number of carbonyl (C=O) groups excluding carboxylic acids is 1. The lowest BCUT2D eigenvalue weighted by molar-refractivity contribution is 0.0981. The molecule has 1 aliphatic rings. The van der Waals surface area contributed by atoms with Crippen molar-refractivity contribution in [3.05, 3.63) is 27.7 Å². The van der Waals surface area contributed by atoms with Crippen LogP contribution in [-0.2, 0) is 0 Å². The molecule has 0 spiro atoms. The van der Waals surface area contributed by atoms with Crippen LogP contribution in [-0.4, -0.2) is 16.1 Å². The van der Waals surface area contributed by atoms with Crippen LogP contribution in [0.2, 0.25) is 0 Å². The van der Waals surface area contributed by atoms with Crippen LogP contribution in [0.15, 0.2) is 16.6 Å². The molecule has 98 valence electrons. The number of fused-ring (bicyclic) bond motifs is 1. The van der Waals surface area contributed by atoms with E-state index in [1.54, 1.807) is 7.11 Å². The number of ether oxygens (including phenoxy) is 1. The lowest BCUT2D eigenvalue weighted by Gasteiger charge is -2.16. The van der Waals surface area contributed by atoms with Crippen molar-refractivity contribution in [1.29, 1.82) is 0 Å². The first-order chi connectivity index (χ1) is 8.36. The Kier molecular flexibility index (Phi) is 4.62. The molecule has 1 unspecified atom stereocenters. The highest BCUT2D eigenvalue weighted by molar-refractivity contribution is 9.26. The molecule has 0 saturated carbocycles. The minimum absolute atomic E-state index is 0.0443. The molecule has 0 radical (unpaired) electrons. The molecule has 0 heterocycles. The second-order valence-electron chi connectivity index (χ2n) is 4.11. The first kappa shape index (κ1) is 15.0. The van der Waals surface area contributed by atoms with Crippen LogP contribution in [0.4, 0.5) is 0 Å². The number of alkyl halides is 3. The number of Topliss-reactive ketones (excluding diaryl/α,β-unsaturated/α-hetero) is 1. The molecule has 18 heavy (non-hydrogen) atoms. The van der Waals surface area contributed by atoms with E-state index in [9.17, 15) is 4.79 Å². The fraction of sp³-hybridized carbons (Fsp3) is 0.417. The molecule has 1 aromatic carbocycles. The molecule has 0 N–H and O–H groups in total. The van der Waals surface area contributed by atoms with E-state index in [2.05, 4.69) is 63.7 Å². The summed E-state index contributed by atoms with van der Waals surface area (Å²) in [6.07, 6.45) is 1.58. The summed E-state index contributed by atoms with van der Waals surface area (Å²) in [4.78, 5) is 12.6. The van der Waals surface area contributed by atoms with Gasteiger partial charge in [-0.05, 0) is 46.5 Å². The maximum atomic E-state index is 12.5. The standard InChI is InChI=1S/C12H10Br4O2/c1-18-10-5-6-7(4-9(10)14)11(17)12(15,16)3-2-8(6)13/h4-5,8H,2-3H2,1H3. The molecule has 1 atom stereocenters. The fourth-order valence-corrected chi connectivity index (χ4v) is 3.95. The quantitative estimate of drug-likeness (QED) is 0.380. The zero-order valence-electron chi connectivity index (χ0n) is 9.47. The van der Waals surface area contributed by atoms with Crippen LogP contribution in [0.1, 0.15) is 33.6 Å². The number of hydrogen-bond acceptors (Lipinski definition) is 2. The Morgan fingerprint density at radius 1 is 1.39 bits per heavy atom. The number of benzene rings is 1. The van der Waals surface area contributed by atoms with E-state index in [1.165, 1.54) is 0 Å². The molecule has 0 saturated heterocycles. The third kappa shape index (κ3) is 2.72. The molecule has 2 rings (SSSR count). The van der Waals surface area contributed by atoms with Crippen molar-refractivity contribution < 1.29 is 9.53 Å². The fourth-order valence-electron chi connectivity index (χ4n) is 1.96. The second kappa shape index (κ2) is 5.54. The van der Waals surface area contributed by atoms with Crippen LogP contribution < -0.4 is 4.74 Å². The van der Waals surface area contributed by atoms with Crippen LogP contribution >= 0.6 is 63.7 Å². The maximum Gasteiger partial charge on any atom is 0.190 e. The van der Waals surface area contributed by atoms with E-state index in [4.69, 9.17) is 4.74 Å². The van der Waals surface area contributed by atoms with Crippen molar-refractivity contribution >= 4 is 69.5 Å². The maximum absolute atomic E-state index is 12.5. The first-order valence-corrected chi connectivity index (χ1v) is 8.60. The zero-order valence-corrected chi connectivity index (χ0v) is 15.8. The van der Waals surface area contributed by atoms with Crippen molar-refractivity contribution in [2.45, 2.75) is 20.9 Å². The predicted molar refractivity (Wildman–Crippen MR) is 86.5 cm³/mol. The Morgan fingerprint density at radius 3 is 2.67 bits per heavy atom. The summed E-state index contributed by atoms with van der Waals surface area (Å²) in [5.41, 5.74) is 1.68. The topological polar surface area (TPSA) is 26.3 Å². The number of rotatable bonds is 1. The summed E-state index contributed by atoms with van der Waals surface area (Å²) >= 11 is 14.0. The van der Waals surface area contributed by atoms with Crippen LogP contribution in [0, 0.1) is 0 Å². The number of ketones is 1. The van der Waals surface area contributed by atoms with Gasteiger partial charge in [0, 0.05) is 10.4 Å². The van der Waals surface area contributed by atoms with Gasteiger partial charge >= 0.3 is 0 Å². The van der Waals surface area contributed by atoms with E-state index in [0.717, 1.165) is 28.6 Å². The van der Waals surface area contributed by atoms with Gasteiger partial charge in [0.15, 0.2) is 5.78 Å². The van der Waals surface area contributed by atoms with Crippen molar-refractivity contribution in [1.82, 2.24) is 0 Å². The van der Waals surface area contributed by atoms with Gasteiger partial charge in [-0.15, -0.1) is 0 Å². The normalized spacial score (nSPS) is 22.3. The molecule has 0 aromatic heterocycles. The van der Waals surface area contributed by atoms with Gasteiger partial charge in [0.25, 0.3) is 0 Å². The Morgan fingerprint density at radius 2 is 2.06 bits per heavy atom. The van der Waals surface area contributed by atoms with E-state index in [1.807, 2.05) is 12.1 Å². The SMILES string of the molecule is COc1cc2c(cc1Br)C(=O)C(Br)(Br)CCC2Br. The molecular weight excluding hydrogens is 496 g/mol. The number of carbonyl (C=O) groups is 1. The van der Waals surface area contributed by atoms with Gasteiger partial charge in [0.2, 0.25) is 0 Å². The molecule has 0 aliphatic heterocycles. The van der Waals surface area contributed by atoms with Crippen LogP contribution in [0.3, 0.4) is 0 Å². The number of hydrogen-bond donors (Lipinski definition) is 0. The van der Waals surface area contributed by atoms with Crippen molar-refractivity contribution in [2.24, 2.45) is 0 Å². The van der Waals surface area contributed by atoms with E-state index >= 15 is 0 Å². The van der Waals surface area contributed by atoms with Gasteiger partial charge in [0.1, 0.15) is 8.98 Å². The summed E-state index contributed by atoms with van der Waals surface area (Å²) in [6.45, 7) is 0. The smallest absolute Gasteiger partial charge is 0.190 e. The van der Waals surface area contributed by atoms with Crippen LogP contribution in [0.25, 0.3) is 0 Å². The molecule has 1 aromatic rings. The second-order valence-corrected chi connectivity index (χ2v) is 9.85. The molecular formula is C12H10Br4O2. The highest BCUT2D eigenvalue weighted by atomic mass is 79.9. The molecule has 0 bridgehead atoms. The highest BCUT2D eigenvalue weighted by Crippen LogP contribution is 2.46. The number of methoxy groups -OCH3 is 1. The molecule has 2 nitrogen and oxygen atoms in total. The largest absolute Gasteiger partial charge is 0.496 e. The summed E-state index contributed by atoms with van der Waals surface area (Å²) in [7, 11) is 1.62. The Balaban J connectivity index is 2.63. The first-order valence-electron chi connectivity index (χ1n) is 5.31. The number of halogens is 4. The average molecular weight is 506 g/mol. The predicted octanol–water partition coefficient (Wildman–Crippen LogP) is 5.36. The summed E-state index contributed by atoms with van der Waals surface area (Å²) in [6, 6.07) is 3.74.